The zero-order valence-corrected chi connectivity index (χ0v) is 21.3. The van der Waals surface area contributed by atoms with E-state index < -0.39 is 34.3 Å². The maximum absolute atomic E-state index is 14.8. The minimum atomic E-state index is -4.29. The van der Waals surface area contributed by atoms with E-state index in [-0.39, 0.29) is 10.6 Å². The molecule has 0 bridgehead atoms. The molecule has 6 nitrogen and oxygen atoms in total. The van der Waals surface area contributed by atoms with Gasteiger partial charge in [-0.15, -0.1) is 0 Å². The third-order valence-electron chi connectivity index (χ3n) is 5.99. The molecule has 0 saturated carbocycles. The van der Waals surface area contributed by atoms with Crippen molar-refractivity contribution in [3.05, 3.63) is 126 Å². The van der Waals surface area contributed by atoms with Crippen LogP contribution in [0.5, 0.6) is 5.75 Å². The van der Waals surface area contributed by atoms with Crippen molar-refractivity contribution < 1.29 is 22.3 Å². The topological polar surface area (TPSA) is 75.7 Å². The Labute approximate surface area is 216 Å². The first-order valence-corrected chi connectivity index (χ1v) is 13.1. The Bertz CT molecular complexity index is 1480. The second-order valence-electron chi connectivity index (χ2n) is 8.41. The van der Waals surface area contributed by atoms with Crippen LogP contribution in [0.3, 0.4) is 0 Å². The van der Waals surface area contributed by atoms with Gasteiger partial charge in [-0.1, -0.05) is 66.7 Å². The maximum Gasteiger partial charge on any atom is 0.264 e. The van der Waals surface area contributed by atoms with Crippen LogP contribution in [-0.4, -0.2) is 28.0 Å². The van der Waals surface area contributed by atoms with E-state index in [0.29, 0.717) is 5.75 Å². The Morgan fingerprint density at radius 3 is 2.16 bits per heavy atom. The molecule has 0 saturated heterocycles. The number of carbonyl (C=O) groups is 1. The summed E-state index contributed by atoms with van der Waals surface area (Å²) in [6.45, 7) is 1.32. The van der Waals surface area contributed by atoms with Gasteiger partial charge >= 0.3 is 0 Å². The van der Waals surface area contributed by atoms with E-state index >= 15 is 0 Å². The highest BCUT2D eigenvalue weighted by Crippen LogP contribution is 2.28. The molecular weight excluding hydrogens is 491 g/mol. The molecule has 0 fully saturated rings. The molecule has 4 aromatic rings. The van der Waals surface area contributed by atoms with Crippen molar-refractivity contribution in [3.63, 3.8) is 0 Å². The predicted octanol–water partition coefficient (Wildman–Crippen LogP) is 5.24. The molecule has 1 unspecified atom stereocenters. The van der Waals surface area contributed by atoms with Gasteiger partial charge in [-0.25, -0.2) is 12.8 Å². The quantitative estimate of drug-likeness (QED) is 0.329. The highest BCUT2D eigenvalue weighted by Gasteiger charge is 2.30. The number of hydrogen-bond acceptors (Lipinski definition) is 4. The van der Waals surface area contributed by atoms with Crippen LogP contribution in [0.25, 0.3) is 0 Å². The monoisotopic (exact) mass is 518 g/mol. The molecule has 4 rings (SSSR count). The molecule has 0 radical (unpaired) electrons. The van der Waals surface area contributed by atoms with E-state index in [0.717, 1.165) is 27.1 Å². The highest BCUT2D eigenvalue weighted by molar-refractivity contribution is 7.92. The lowest BCUT2D eigenvalue weighted by atomic mass is 9.95. The van der Waals surface area contributed by atoms with Crippen molar-refractivity contribution in [3.8, 4) is 5.75 Å². The summed E-state index contributed by atoms with van der Waals surface area (Å²) >= 11 is 0. The van der Waals surface area contributed by atoms with Gasteiger partial charge in [-0.2, -0.15) is 0 Å². The van der Waals surface area contributed by atoms with Crippen LogP contribution in [0.15, 0.2) is 108 Å². The third-order valence-corrected chi connectivity index (χ3v) is 7.77. The minimum absolute atomic E-state index is 0.0946. The lowest BCUT2D eigenvalue weighted by Gasteiger charge is -2.27. The van der Waals surface area contributed by atoms with Gasteiger partial charge in [0, 0.05) is 0 Å². The Morgan fingerprint density at radius 1 is 0.892 bits per heavy atom. The first kappa shape index (κ1) is 25.9. The summed E-state index contributed by atoms with van der Waals surface area (Å²) < 4.78 is 48.0. The molecule has 0 aliphatic rings. The maximum atomic E-state index is 14.8. The molecule has 1 amide bonds. The zero-order chi connectivity index (χ0) is 26.4. The summed E-state index contributed by atoms with van der Waals surface area (Å²) in [6, 6.07) is 27.7. The van der Waals surface area contributed by atoms with Crippen molar-refractivity contribution in [2.24, 2.45) is 0 Å². The van der Waals surface area contributed by atoms with Gasteiger partial charge in [0.05, 0.1) is 23.7 Å². The third kappa shape index (κ3) is 5.81. The normalized spacial score (nSPS) is 12.0. The van der Waals surface area contributed by atoms with Crippen molar-refractivity contribution >= 4 is 21.6 Å². The van der Waals surface area contributed by atoms with E-state index in [9.17, 15) is 17.6 Å². The summed E-state index contributed by atoms with van der Waals surface area (Å²) in [5.74, 6) is -0.874. The predicted molar refractivity (Wildman–Crippen MR) is 142 cm³/mol. The van der Waals surface area contributed by atoms with Crippen LogP contribution >= 0.6 is 0 Å². The number of ether oxygens (including phenoxy) is 1. The van der Waals surface area contributed by atoms with Crippen LogP contribution in [0.2, 0.25) is 0 Å². The molecule has 0 aliphatic heterocycles. The fourth-order valence-electron chi connectivity index (χ4n) is 4.06. The molecule has 0 heterocycles. The first-order valence-electron chi connectivity index (χ1n) is 11.6. The minimum Gasteiger partial charge on any atom is -0.497 e. The van der Waals surface area contributed by atoms with Gasteiger partial charge in [0.2, 0.25) is 5.91 Å². The molecule has 8 heteroatoms. The highest BCUT2D eigenvalue weighted by atomic mass is 32.2. The number of nitrogens with one attached hydrogen (secondary N) is 1. The summed E-state index contributed by atoms with van der Waals surface area (Å²) in [6.07, 6.45) is 0. The molecule has 190 valence electrons. The number of benzene rings is 4. The first-order chi connectivity index (χ1) is 17.8. The van der Waals surface area contributed by atoms with Gasteiger partial charge in [-0.3, -0.25) is 9.10 Å². The molecule has 4 aromatic carbocycles. The Morgan fingerprint density at radius 2 is 1.51 bits per heavy atom. The van der Waals surface area contributed by atoms with Gasteiger partial charge < -0.3 is 10.1 Å². The summed E-state index contributed by atoms with van der Waals surface area (Å²) in [5.41, 5.74) is 2.45. The molecule has 0 aliphatic carbocycles. The fourth-order valence-corrected chi connectivity index (χ4v) is 5.49. The lowest BCUT2D eigenvalue weighted by molar-refractivity contribution is -0.120. The summed E-state index contributed by atoms with van der Waals surface area (Å²) in [4.78, 5) is 13.3. The SMILES string of the molecule is COc1ccc(S(=O)(=O)N(CC(=O)NC(c2ccccc2)c2ccccc2C)c2ccccc2F)cc1. The van der Waals surface area contributed by atoms with Gasteiger partial charge in [0.15, 0.2) is 0 Å². The average molecular weight is 519 g/mol. The van der Waals surface area contributed by atoms with Gasteiger partial charge in [0.1, 0.15) is 18.1 Å². The summed E-state index contributed by atoms with van der Waals surface area (Å²) in [7, 11) is -2.82. The number of aryl methyl sites for hydroxylation is 1. The van der Waals surface area contributed by atoms with Crippen molar-refractivity contribution in [1.29, 1.82) is 0 Å². The van der Waals surface area contributed by atoms with Crippen LogP contribution in [-0.2, 0) is 14.8 Å². The Kier molecular flexibility index (Phi) is 7.89. The van der Waals surface area contributed by atoms with E-state index in [1.165, 1.54) is 49.6 Å². The van der Waals surface area contributed by atoms with Gasteiger partial charge in [-0.05, 0) is 60.0 Å². The number of carbonyl (C=O) groups excluding carboxylic acids is 1. The number of amides is 1. The van der Waals surface area contributed by atoms with E-state index in [1.54, 1.807) is 0 Å². The molecule has 0 spiro atoms. The number of hydrogen-bond donors (Lipinski definition) is 1. The van der Waals surface area contributed by atoms with Crippen molar-refractivity contribution in [1.82, 2.24) is 5.32 Å². The molecule has 1 atom stereocenters. The standard InChI is InChI=1S/C29H27FN2O4S/c1-21-10-6-7-13-25(21)29(22-11-4-3-5-12-22)31-28(33)20-32(27-15-9-8-14-26(27)30)37(34,35)24-18-16-23(36-2)17-19-24/h3-19,29H,20H2,1-2H3,(H,31,33). The van der Waals surface area contributed by atoms with Crippen LogP contribution in [0.1, 0.15) is 22.7 Å². The van der Waals surface area contributed by atoms with Crippen LogP contribution < -0.4 is 14.4 Å². The van der Waals surface area contributed by atoms with Crippen LogP contribution in [0, 0.1) is 12.7 Å². The molecular formula is C29H27FN2O4S. The number of halogens is 1. The largest absolute Gasteiger partial charge is 0.497 e. The number of para-hydroxylation sites is 1. The molecule has 37 heavy (non-hydrogen) atoms. The second kappa shape index (κ2) is 11.3. The Balaban J connectivity index is 1.71. The van der Waals surface area contributed by atoms with Crippen molar-refractivity contribution in [2.45, 2.75) is 17.9 Å². The van der Waals surface area contributed by atoms with E-state index in [1.807, 2.05) is 61.5 Å². The lowest BCUT2D eigenvalue weighted by Crippen LogP contribution is -2.42. The number of sulfonamides is 1. The summed E-state index contributed by atoms with van der Waals surface area (Å²) in [5, 5.41) is 2.96. The number of anilines is 1. The zero-order valence-electron chi connectivity index (χ0n) is 20.5. The number of nitrogens with zero attached hydrogens (tertiary/aromatic N) is 1. The second-order valence-corrected chi connectivity index (χ2v) is 10.3. The smallest absolute Gasteiger partial charge is 0.264 e. The molecule has 0 aromatic heterocycles. The van der Waals surface area contributed by atoms with Crippen LogP contribution in [0.4, 0.5) is 10.1 Å². The number of rotatable bonds is 9. The van der Waals surface area contributed by atoms with Gasteiger partial charge in [0.25, 0.3) is 10.0 Å². The van der Waals surface area contributed by atoms with E-state index in [4.69, 9.17) is 4.74 Å². The number of methoxy groups -OCH3 is 1. The average Bonchev–Trinajstić information content (AvgIpc) is 2.92. The molecule has 1 N–H and O–H groups in total. The van der Waals surface area contributed by atoms with Crippen molar-refractivity contribution in [2.75, 3.05) is 18.0 Å². The van der Waals surface area contributed by atoms with E-state index in [2.05, 4.69) is 5.32 Å². The fraction of sp³-hybridized carbons (Fsp3) is 0.138. The Hall–Kier alpha value is -4.17.